The highest BCUT2D eigenvalue weighted by molar-refractivity contribution is 6.31. The van der Waals surface area contributed by atoms with Crippen molar-refractivity contribution in [1.29, 1.82) is 5.26 Å². The van der Waals surface area contributed by atoms with Gasteiger partial charge in [-0.15, -0.1) is 0 Å². The van der Waals surface area contributed by atoms with E-state index in [9.17, 15) is 14.9 Å². The summed E-state index contributed by atoms with van der Waals surface area (Å²) in [7, 11) is 0. The molecule has 3 aromatic rings. The minimum absolute atomic E-state index is 0.133. The second-order valence-electron chi connectivity index (χ2n) is 6.12. The molecule has 0 radical (unpaired) electrons. The van der Waals surface area contributed by atoms with Crippen LogP contribution in [0.5, 0.6) is 0 Å². The predicted molar refractivity (Wildman–Crippen MR) is 110 cm³/mol. The number of nitrogens with one attached hydrogen (secondary N) is 1. The van der Waals surface area contributed by atoms with E-state index >= 15 is 0 Å². The van der Waals surface area contributed by atoms with Crippen molar-refractivity contribution in [2.24, 2.45) is 0 Å². The van der Waals surface area contributed by atoms with Crippen molar-refractivity contribution in [3.8, 4) is 17.4 Å². The number of aromatic carboxylic acids is 1. The average molecular weight is 407 g/mol. The van der Waals surface area contributed by atoms with Gasteiger partial charge in [0.05, 0.1) is 5.56 Å². The first kappa shape index (κ1) is 19.9. The number of nitriles is 1. The number of hydrogen-bond donors (Lipinski definition) is 2. The molecule has 2 aromatic carbocycles. The fraction of sp³-hybridized carbons (Fsp3) is 0.0455. The standard InChI is InChI=1S/C22H15ClN2O4/c1-13-18(23)3-2-4-19(13)25-21(26)16(12-24)11-17-9-10-20(29-17)14-5-7-15(8-6-14)22(27)28/h2-11H,1H3,(H,25,26)(H,27,28)/b16-11+. The molecule has 0 spiro atoms. The second kappa shape index (κ2) is 8.46. The molecule has 7 heteroatoms. The van der Waals surface area contributed by atoms with Crippen molar-refractivity contribution >= 4 is 35.2 Å². The fourth-order valence-corrected chi connectivity index (χ4v) is 2.76. The lowest BCUT2D eigenvalue weighted by Gasteiger charge is -2.08. The van der Waals surface area contributed by atoms with Gasteiger partial charge in [0.1, 0.15) is 23.2 Å². The molecule has 1 amide bonds. The van der Waals surface area contributed by atoms with E-state index in [0.29, 0.717) is 33.4 Å². The minimum atomic E-state index is -1.01. The molecule has 1 heterocycles. The SMILES string of the molecule is Cc1c(Cl)cccc1NC(=O)/C(C#N)=C/c1ccc(-c2ccc(C(=O)O)cc2)o1. The lowest BCUT2D eigenvalue weighted by molar-refractivity contribution is -0.112. The molecule has 0 unspecified atom stereocenters. The van der Waals surface area contributed by atoms with Crippen molar-refractivity contribution in [3.63, 3.8) is 0 Å². The molecule has 0 saturated carbocycles. The number of furan rings is 1. The zero-order valence-electron chi connectivity index (χ0n) is 15.3. The van der Waals surface area contributed by atoms with Crippen LogP contribution in [0.15, 0.2) is 64.6 Å². The normalized spacial score (nSPS) is 11.0. The van der Waals surface area contributed by atoms with E-state index in [1.807, 2.05) is 6.07 Å². The smallest absolute Gasteiger partial charge is 0.335 e. The molecule has 0 bridgehead atoms. The van der Waals surface area contributed by atoms with Gasteiger partial charge in [-0.25, -0.2) is 4.79 Å². The number of carboxylic acid groups (broad SMARTS) is 1. The number of carboxylic acids is 1. The van der Waals surface area contributed by atoms with Crippen LogP contribution in [0.25, 0.3) is 17.4 Å². The van der Waals surface area contributed by atoms with Crippen LogP contribution in [-0.4, -0.2) is 17.0 Å². The van der Waals surface area contributed by atoms with E-state index in [1.54, 1.807) is 49.4 Å². The van der Waals surface area contributed by atoms with Crippen molar-refractivity contribution in [1.82, 2.24) is 0 Å². The third kappa shape index (κ3) is 4.54. The number of amides is 1. The van der Waals surface area contributed by atoms with E-state index in [-0.39, 0.29) is 11.1 Å². The molecule has 2 N–H and O–H groups in total. The first-order valence-corrected chi connectivity index (χ1v) is 8.88. The van der Waals surface area contributed by atoms with Crippen molar-refractivity contribution < 1.29 is 19.1 Å². The van der Waals surface area contributed by atoms with E-state index in [2.05, 4.69) is 5.32 Å². The number of carbonyl (C=O) groups excluding carboxylic acids is 1. The van der Waals surface area contributed by atoms with Crippen LogP contribution < -0.4 is 5.32 Å². The summed E-state index contributed by atoms with van der Waals surface area (Å²) in [6.45, 7) is 1.77. The van der Waals surface area contributed by atoms with Gasteiger partial charge in [0, 0.05) is 22.3 Å². The number of nitrogens with zero attached hydrogens (tertiary/aromatic N) is 1. The maximum atomic E-state index is 12.4. The molecule has 0 aliphatic rings. The lowest BCUT2D eigenvalue weighted by atomic mass is 10.1. The number of carbonyl (C=O) groups is 2. The first-order valence-electron chi connectivity index (χ1n) is 8.51. The van der Waals surface area contributed by atoms with Gasteiger partial charge in [-0.05, 0) is 48.9 Å². The van der Waals surface area contributed by atoms with Crippen molar-refractivity contribution in [2.45, 2.75) is 6.92 Å². The molecule has 6 nitrogen and oxygen atoms in total. The molecule has 1 aromatic heterocycles. The van der Waals surface area contributed by atoms with Gasteiger partial charge in [-0.3, -0.25) is 4.79 Å². The van der Waals surface area contributed by atoms with E-state index in [1.165, 1.54) is 18.2 Å². The molecule has 0 fully saturated rings. The topological polar surface area (TPSA) is 103 Å². The third-order valence-corrected chi connectivity index (χ3v) is 4.62. The highest BCUT2D eigenvalue weighted by Gasteiger charge is 2.13. The maximum absolute atomic E-state index is 12.4. The van der Waals surface area contributed by atoms with Crippen LogP contribution >= 0.6 is 11.6 Å². The van der Waals surface area contributed by atoms with Gasteiger partial charge < -0.3 is 14.8 Å². The summed E-state index contributed by atoms with van der Waals surface area (Å²) in [5, 5.41) is 21.5. The molecule has 144 valence electrons. The number of hydrogen-bond acceptors (Lipinski definition) is 4. The molecular formula is C22H15ClN2O4. The number of rotatable bonds is 5. The molecule has 0 saturated heterocycles. The van der Waals surface area contributed by atoms with Crippen LogP contribution in [0, 0.1) is 18.3 Å². The number of halogens is 1. The minimum Gasteiger partial charge on any atom is -0.478 e. The summed E-state index contributed by atoms with van der Waals surface area (Å²) < 4.78 is 5.67. The Bertz CT molecular complexity index is 1150. The lowest BCUT2D eigenvalue weighted by Crippen LogP contribution is -2.14. The van der Waals surface area contributed by atoms with Gasteiger partial charge >= 0.3 is 5.97 Å². The third-order valence-electron chi connectivity index (χ3n) is 4.21. The fourth-order valence-electron chi connectivity index (χ4n) is 2.59. The van der Waals surface area contributed by atoms with Gasteiger partial charge in [-0.2, -0.15) is 5.26 Å². The Kier molecular flexibility index (Phi) is 5.82. The Labute approximate surface area is 171 Å². The van der Waals surface area contributed by atoms with Crippen molar-refractivity contribution in [2.75, 3.05) is 5.32 Å². The monoisotopic (exact) mass is 406 g/mol. The van der Waals surface area contributed by atoms with Gasteiger partial charge in [0.15, 0.2) is 0 Å². The van der Waals surface area contributed by atoms with E-state index < -0.39 is 11.9 Å². The van der Waals surface area contributed by atoms with E-state index in [0.717, 1.165) is 0 Å². The van der Waals surface area contributed by atoms with Crippen LogP contribution in [0.4, 0.5) is 5.69 Å². The first-order chi connectivity index (χ1) is 13.9. The van der Waals surface area contributed by atoms with Gasteiger partial charge in [0.2, 0.25) is 0 Å². The average Bonchev–Trinajstić information content (AvgIpc) is 3.18. The molecule has 3 rings (SSSR count). The zero-order valence-corrected chi connectivity index (χ0v) is 16.0. The summed E-state index contributed by atoms with van der Waals surface area (Å²) in [6.07, 6.45) is 1.34. The summed E-state index contributed by atoms with van der Waals surface area (Å²) in [4.78, 5) is 23.4. The quantitative estimate of drug-likeness (QED) is 0.450. The Morgan fingerprint density at radius 1 is 1.14 bits per heavy atom. The molecule has 29 heavy (non-hydrogen) atoms. The number of benzene rings is 2. The highest BCUT2D eigenvalue weighted by atomic mass is 35.5. The largest absolute Gasteiger partial charge is 0.478 e. The Balaban J connectivity index is 1.81. The van der Waals surface area contributed by atoms with Crippen LogP contribution in [0.2, 0.25) is 5.02 Å². The molecular weight excluding hydrogens is 392 g/mol. The Hall–Kier alpha value is -3.82. The molecule has 0 atom stereocenters. The van der Waals surface area contributed by atoms with Crippen LogP contribution in [0.1, 0.15) is 21.7 Å². The zero-order chi connectivity index (χ0) is 21.0. The maximum Gasteiger partial charge on any atom is 0.335 e. The van der Waals surface area contributed by atoms with Crippen molar-refractivity contribution in [3.05, 3.63) is 82.1 Å². The summed E-state index contributed by atoms with van der Waals surface area (Å²) in [5.41, 5.74) is 1.92. The second-order valence-corrected chi connectivity index (χ2v) is 6.53. The molecule has 0 aliphatic heterocycles. The van der Waals surface area contributed by atoms with Gasteiger partial charge in [0.25, 0.3) is 5.91 Å². The summed E-state index contributed by atoms with van der Waals surface area (Å²) >= 11 is 6.05. The van der Waals surface area contributed by atoms with Gasteiger partial charge in [-0.1, -0.05) is 29.8 Å². The Morgan fingerprint density at radius 3 is 2.52 bits per heavy atom. The summed E-state index contributed by atoms with van der Waals surface area (Å²) in [5.74, 6) is -0.797. The Morgan fingerprint density at radius 2 is 1.86 bits per heavy atom. The predicted octanol–water partition coefficient (Wildman–Crippen LogP) is 5.15. The number of anilines is 1. The molecule has 0 aliphatic carbocycles. The highest BCUT2D eigenvalue weighted by Crippen LogP contribution is 2.25. The van der Waals surface area contributed by atoms with Crippen LogP contribution in [0.3, 0.4) is 0 Å². The summed E-state index contributed by atoms with van der Waals surface area (Å²) in [6, 6.07) is 16.4. The van der Waals surface area contributed by atoms with Crippen LogP contribution in [-0.2, 0) is 4.79 Å². The van der Waals surface area contributed by atoms with E-state index in [4.69, 9.17) is 21.1 Å².